The number of hydrazone groups is 1. The van der Waals surface area contributed by atoms with E-state index >= 15 is 0 Å². The number of nitrogens with zero attached hydrogens (tertiary/aromatic N) is 2. The molecule has 2 aromatic carbocycles. The summed E-state index contributed by atoms with van der Waals surface area (Å²) in [6.07, 6.45) is 1.63. The van der Waals surface area contributed by atoms with Crippen molar-refractivity contribution in [1.82, 2.24) is 4.98 Å². The summed E-state index contributed by atoms with van der Waals surface area (Å²) in [7, 11) is 1.64. The van der Waals surface area contributed by atoms with Gasteiger partial charge in [-0.25, -0.2) is 4.98 Å². The summed E-state index contributed by atoms with van der Waals surface area (Å²) in [4.78, 5) is 4.53. The molecule has 0 radical (unpaired) electrons. The van der Waals surface area contributed by atoms with E-state index in [1.54, 1.807) is 25.5 Å². The van der Waals surface area contributed by atoms with Crippen LogP contribution in [0.25, 0.3) is 11.3 Å². The smallest absolute Gasteiger partial charge is 0.203 e. The molecule has 0 bridgehead atoms. The SMILES string of the molecule is CCOc1c(Cl)cc(/C=N\Nc2nc(-c3cccc(OC)c3)cs2)cc1Cl. The van der Waals surface area contributed by atoms with Crippen LogP contribution in [-0.2, 0) is 0 Å². The van der Waals surface area contributed by atoms with Crippen LogP contribution in [0, 0.1) is 0 Å². The molecule has 3 aromatic rings. The number of hydrogen-bond acceptors (Lipinski definition) is 6. The number of anilines is 1. The maximum Gasteiger partial charge on any atom is 0.203 e. The van der Waals surface area contributed by atoms with Crippen LogP contribution in [-0.4, -0.2) is 24.9 Å². The summed E-state index contributed by atoms with van der Waals surface area (Å²) in [5.74, 6) is 1.27. The molecular formula is C19H17Cl2N3O2S. The molecule has 3 rings (SSSR count). The first-order valence-corrected chi connectivity index (χ1v) is 9.75. The monoisotopic (exact) mass is 421 g/mol. The zero-order valence-electron chi connectivity index (χ0n) is 14.7. The Balaban J connectivity index is 1.69. The summed E-state index contributed by atoms with van der Waals surface area (Å²) in [5, 5.41) is 7.72. The van der Waals surface area contributed by atoms with Crippen LogP contribution in [0.15, 0.2) is 46.9 Å². The van der Waals surface area contributed by atoms with E-state index < -0.39 is 0 Å². The molecule has 1 aromatic heterocycles. The number of hydrogen-bond donors (Lipinski definition) is 1. The third kappa shape index (κ3) is 4.91. The van der Waals surface area contributed by atoms with E-state index in [9.17, 15) is 0 Å². The number of nitrogens with one attached hydrogen (secondary N) is 1. The third-order valence-electron chi connectivity index (χ3n) is 3.55. The van der Waals surface area contributed by atoms with Crippen LogP contribution in [0.5, 0.6) is 11.5 Å². The molecule has 27 heavy (non-hydrogen) atoms. The number of thiazole rings is 1. The topological polar surface area (TPSA) is 55.7 Å². The molecule has 140 valence electrons. The van der Waals surface area contributed by atoms with E-state index in [1.807, 2.05) is 36.6 Å². The van der Waals surface area contributed by atoms with E-state index in [0.717, 1.165) is 22.6 Å². The van der Waals surface area contributed by atoms with Crippen molar-refractivity contribution in [1.29, 1.82) is 0 Å². The predicted octanol–water partition coefficient (Wildman–Crippen LogP) is 5.97. The zero-order valence-corrected chi connectivity index (χ0v) is 17.0. The summed E-state index contributed by atoms with van der Waals surface area (Å²) in [6, 6.07) is 11.2. The second-order valence-electron chi connectivity index (χ2n) is 5.39. The molecule has 0 aliphatic carbocycles. The average molecular weight is 422 g/mol. The lowest BCUT2D eigenvalue weighted by atomic mass is 10.2. The van der Waals surface area contributed by atoms with Crippen molar-refractivity contribution in [3.8, 4) is 22.8 Å². The largest absolute Gasteiger partial charge is 0.497 e. The standard InChI is InChI=1S/C19H17Cl2N3O2S/c1-3-26-18-15(20)7-12(8-16(18)21)10-22-24-19-23-17(11-27-19)13-5-4-6-14(9-13)25-2/h4-11H,3H2,1-2H3,(H,23,24)/b22-10-. The maximum atomic E-state index is 6.19. The molecule has 8 heteroatoms. The number of rotatable bonds is 7. The summed E-state index contributed by atoms with van der Waals surface area (Å²) in [5.41, 5.74) is 5.50. The highest BCUT2D eigenvalue weighted by molar-refractivity contribution is 7.14. The van der Waals surface area contributed by atoms with Crippen molar-refractivity contribution in [2.75, 3.05) is 19.1 Å². The highest BCUT2D eigenvalue weighted by Crippen LogP contribution is 2.34. The lowest BCUT2D eigenvalue weighted by molar-refractivity contribution is 0.340. The zero-order chi connectivity index (χ0) is 19.2. The molecule has 0 unspecified atom stereocenters. The Bertz CT molecular complexity index is 937. The van der Waals surface area contributed by atoms with Crippen molar-refractivity contribution in [2.45, 2.75) is 6.92 Å². The van der Waals surface area contributed by atoms with Gasteiger partial charge in [-0.3, -0.25) is 5.43 Å². The summed E-state index contributed by atoms with van der Waals surface area (Å²) < 4.78 is 10.7. The lowest BCUT2D eigenvalue weighted by Gasteiger charge is -2.08. The minimum Gasteiger partial charge on any atom is -0.497 e. The molecular weight excluding hydrogens is 405 g/mol. The van der Waals surface area contributed by atoms with Crippen LogP contribution in [0.4, 0.5) is 5.13 Å². The fourth-order valence-electron chi connectivity index (χ4n) is 2.34. The van der Waals surface area contributed by atoms with Gasteiger partial charge in [-0.1, -0.05) is 35.3 Å². The number of methoxy groups -OCH3 is 1. The van der Waals surface area contributed by atoms with E-state index in [0.29, 0.717) is 27.5 Å². The Labute approximate surface area is 171 Å². The molecule has 0 fully saturated rings. The normalized spacial score (nSPS) is 11.0. The maximum absolute atomic E-state index is 6.19. The van der Waals surface area contributed by atoms with Crippen LogP contribution in [0.3, 0.4) is 0 Å². The predicted molar refractivity (Wildman–Crippen MR) is 113 cm³/mol. The van der Waals surface area contributed by atoms with E-state index in [1.165, 1.54) is 11.3 Å². The molecule has 0 amide bonds. The third-order valence-corrected chi connectivity index (χ3v) is 4.86. The van der Waals surface area contributed by atoms with Crippen LogP contribution < -0.4 is 14.9 Å². The first-order chi connectivity index (χ1) is 13.1. The van der Waals surface area contributed by atoms with Crippen molar-refractivity contribution in [3.63, 3.8) is 0 Å². The van der Waals surface area contributed by atoms with Gasteiger partial charge in [0.2, 0.25) is 5.13 Å². The fourth-order valence-corrected chi connectivity index (χ4v) is 3.62. The van der Waals surface area contributed by atoms with Crippen molar-refractivity contribution < 1.29 is 9.47 Å². The quantitative estimate of drug-likeness (QED) is 0.377. The van der Waals surface area contributed by atoms with Crippen molar-refractivity contribution in [3.05, 3.63) is 57.4 Å². The van der Waals surface area contributed by atoms with Crippen molar-refractivity contribution >= 4 is 45.9 Å². The lowest BCUT2D eigenvalue weighted by Crippen LogP contribution is -1.95. The molecule has 0 atom stereocenters. The summed E-state index contributed by atoms with van der Waals surface area (Å²) in [6.45, 7) is 2.37. The van der Waals surface area contributed by atoms with Gasteiger partial charge >= 0.3 is 0 Å². The molecule has 0 aliphatic heterocycles. The minimum absolute atomic E-state index is 0.445. The molecule has 1 heterocycles. The van der Waals surface area contributed by atoms with Gasteiger partial charge in [-0.2, -0.15) is 5.10 Å². The minimum atomic E-state index is 0.445. The van der Waals surface area contributed by atoms with E-state index in [-0.39, 0.29) is 0 Å². The Morgan fingerprint density at radius 2 is 2.00 bits per heavy atom. The van der Waals surface area contributed by atoms with Crippen LogP contribution in [0.2, 0.25) is 10.0 Å². The Kier molecular flexibility index (Phi) is 6.55. The molecule has 0 aliphatic rings. The highest BCUT2D eigenvalue weighted by atomic mass is 35.5. The molecule has 1 N–H and O–H groups in total. The Morgan fingerprint density at radius 3 is 2.70 bits per heavy atom. The first kappa shape index (κ1) is 19.5. The Morgan fingerprint density at radius 1 is 1.22 bits per heavy atom. The van der Waals surface area contributed by atoms with Gasteiger partial charge in [0.15, 0.2) is 5.75 Å². The highest BCUT2D eigenvalue weighted by Gasteiger charge is 2.09. The average Bonchev–Trinajstić information content (AvgIpc) is 3.14. The van der Waals surface area contributed by atoms with Gasteiger partial charge in [-0.05, 0) is 36.8 Å². The molecule has 0 saturated carbocycles. The summed E-state index contributed by atoms with van der Waals surface area (Å²) >= 11 is 13.8. The van der Waals surface area contributed by atoms with E-state index in [2.05, 4.69) is 15.5 Å². The van der Waals surface area contributed by atoms with Gasteiger partial charge < -0.3 is 9.47 Å². The van der Waals surface area contributed by atoms with Gasteiger partial charge in [0.25, 0.3) is 0 Å². The fraction of sp³-hybridized carbons (Fsp3) is 0.158. The van der Waals surface area contributed by atoms with E-state index in [4.69, 9.17) is 32.7 Å². The second-order valence-corrected chi connectivity index (χ2v) is 7.06. The van der Waals surface area contributed by atoms with Gasteiger partial charge in [0.05, 0.1) is 35.7 Å². The first-order valence-electron chi connectivity index (χ1n) is 8.11. The number of ether oxygens (including phenoxy) is 2. The van der Waals surface area contributed by atoms with Crippen LogP contribution >= 0.6 is 34.5 Å². The van der Waals surface area contributed by atoms with Gasteiger partial charge in [-0.15, -0.1) is 11.3 Å². The van der Waals surface area contributed by atoms with Crippen molar-refractivity contribution in [2.24, 2.45) is 5.10 Å². The molecule has 0 spiro atoms. The van der Waals surface area contributed by atoms with Gasteiger partial charge in [0.1, 0.15) is 5.75 Å². The number of halogens is 2. The Hall–Kier alpha value is -2.28. The second kappa shape index (κ2) is 9.08. The number of benzene rings is 2. The molecule has 5 nitrogen and oxygen atoms in total. The number of aromatic nitrogens is 1. The molecule has 0 saturated heterocycles. The van der Waals surface area contributed by atoms with Gasteiger partial charge in [0, 0.05) is 10.9 Å². The van der Waals surface area contributed by atoms with Crippen LogP contribution in [0.1, 0.15) is 12.5 Å².